The summed E-state index contributed by atoms with van der Waals surface area (Å²) in [5.74, 6) is 0.837. The van der Waals surface area contributed by atoms with Gasteiger partial charge in [-0.3, -0.25) is 0 Å². The van der Waals surface area contributed by atoms with Gasteiger partial charge in [-0.25, -0.2) is 0 Å². The first kappa shape index (κ1) is 33.5. The van der Waals surface area contributed by atoms with Crippen molar-refractivity contribution in [2.24, 2.45) is 0 Å². The molecule has 0 aliphatic carbocycles. The van der Waals surface area contributed by atoms with Crippen LogP contribution in [0.15, 0.2) is 66.7 Å². The van der Waals surface area contributed by atoms with Gasteiger partial charge in [-0.2, -0.15) is 36.7 Å². The van der Waals surface area contributed by atoms with Crippen LogP contribution in [0.5, 0.6) is 5.75 Å². The van der Waals surface area contributed by atoms with E-state index in [-0.39, 0.29) is 43.8 Å². The summed E-state index contributed by atoms with van der Waals surface area (Å²) in [5.41, 5.74) is 4.31. The maximum absolute atomic E-state index is 11.7. The molecule has 0 spiro atoms. The van der Waals surface area contributed by atoms with E-state index < -0.39 is 0 Å². The fraction of sp³-hybridized carbons (Fsp3) is 0.344. The molecule has 9 heteroatoms. The van der Waals surface area contributed by atoms with Gasteiger partial charge in [0.05, 0.1) is 19.3 Å². The second-order valence-electron chi connectivity index (χ2n) is 9.67. The Balaban J connectivity index is 0.000000506. The van der Waals surface area contributed by atoms with E-state index in [4.69, 9.17) is 33.0 Å². The molecule has 214 valence electrons. The van der Waals surface area contributed by atoms with E-state index in [2.05, 4.69) is 22.8 Å². The number of amides is 1. The van der Waals surface area contributed by atoms with Crippen molar-refractivity contribution in [1.82, 2.24) is 15.2 Å². The number of hydrogen-bond acceptors (Lipinski definition) is 4. The van der Waals surface area contributed by atoms with Gasteiger partial charge in [0.15, 0.2) is 0 Å². The van der Waals surface area contributed by atoms with Crippen molar-refractivity contribution in [3.63, 3.8) is 0 Å². The van der Waals surface area contributed by atoms with Crippen molar-refractivity contribution in [2.45, 2.75) is 38.1 Å². The molecule has 0 bridgehead atoms. The Morgan fingerprint density at radius 1 is 1.00 bits per heavy atom. The minimum absolute atomic E-state index is 0. The van der Waals surface area contributed by atoms with Crippen LogP contribution >= 0.6 is 23.2 Å². The van der Waals surface area contributed by atoms with Crippen molar-refractivity contribution >= 4 is 40.5 Å². The molecule has 1 aliphatic rings. The zero-order chi connectivity index (χ0) is 28.2. The number of rotatable bonds is 12. The van der Waals surface area contributed by atoms with Crippen LogP contribution in [-0.2, 0) is 11.2 Å². The summed E-state index contributed by atoms with van der Waals surface area (Å²) < 4.78 is 5.92. The third-order valence-electron chi connectivity index (χ3n) is 6.88. The minimum atomic E-state index is -0.203. The number of aromatic nitrogens is 1. The van der Waals surface area contributed by atoms with E-state index in [1.54, 1.807) is 29.2 Å². The predicted octanol–water partition coefficient (Wildman–Crippen LogP) is 6.50. The second-order valence-corrected chi connectivity index (χ2v) is 10.5. The van der Waals surface area contributed by atoms with E-state index >= 15 is 0 Å². The Labute approximate surface area is 276 Å². The van der Waals surface area contributed by atoms with Crippen LogP contribution in [0.2, 0.25) is 10.0 Å². The van der Waals surface area contributed by atoms with Gasteiger partial charge < -0.3 is 29.8 Å². The number of aromatic amines is 1. The van der Waals surface area contributed by atoms with Crippen LogP contribution in [0.3, 0.4) is 0 Å². The molecular formula is C32H35Cl2N3O3U. The monoisotopic (exact) mass is 817 g/mol. The zero-order valence-electron chi connectivity index (χ0n) is 23.0. The van der Waals surface area contributed by atoms with Gasteiger partial charge in [-0.15, -0.1) is 11.6 Å². The predicted molar refractivity (Wildman–Crippen MR) is 162 cm³/mol. The molecule has 0 fully saturated rings. The molecule has 1 atom stereocenters. The van der Waals surface area contributed by atoms with Crippen molar-refractivity contribution in [3.8, 4) is 5.75 Å². The van der Waals surface area contributed by atoms with Gasteiger partial charge in [0.2, 0.25) is 0 Å². The van der Waals surface area contributed by atoms with Crippen LogP contribution in [0.25, 0.3) is 10.9 Å². The summed E-state index contributed by atoms with van der Waals surface area (Å²) in [6, 6.07) is 23.7. The molecule has 5 rings (SSSR count). The van der Waals surface area contributed by atoms with Crippen molar-refractivity contribution in [2.75, 3.05) is 32.8 Å². The summed E-state index contributed by atoms with van der Waals surface area (Å²) >= 11 is 11.7. The molecule has 41 heavy (non-hydrogen) atoms. The van der Waals surface area contributed by atoms with Crippen molar-refractivity contribution < 1.29 is 45.8 Å². The van der Waals surface area contributed by atoms with Gasteiger partial charge in [0.1, 0.15) is 5.75 Å². The number of aliphatic hydroxyl groups excluding tert-OH is 1. The van der Waals surface area contributed by atoms with Gasteiger partial charge in [-0.05, 0) is 73.8 Å². The van der Waals surface area contributed by atoms with Crippen molar-refractivity contribution in [3.05, 3.63) is 99.7 Å². The molecule has 0 saturated heterocycles. The molecule has 1 aliphatic heterocycles. The molecule has 6 nitrogen and oxygen atoms in total. The number of nitrogens with one attached hydrogen (secondary N) is 2. The number of halogens is 2. The number of benzene rings is 3. The molecule has 1 unspecified atom stereocenters. The topological polar surface area (TPSA) is 77.6 Å². The Morgan fingerprint density at radius 3 is 2.44 bits per heavy atom. The summed E-state index contributed by atoms with van der Waals surface area (Å²) in [4.78, 5) is 17.0. The Bertz CT molecular complexity index is 1340. The molecule has 1 amide bonds. The normalized spacial score (nSPS) is 14.0. The fourth-order valence-corrected chi connectivity index (χ4v) is 5.22. The Kier molecular flexibility index (Phi) is 14.6. The number of fused-ring (bicyclic) bond motifs is 3. The van der Waals surface area contributed by atoms with Gasteiger partial charge in [0, 0.05) is 28.2 Å². The van der Waals surface area contributed by atoms with E-state index in [0.717, 1.165) is 71.6 Å². The zero-order valence-corrected chi connectivity index (χ0v) is 28.6. The van der Waals surface area contributed by atoms with Gasteiger partial charge in [0.25, 0.3) is 0 Å². The molecule has 2 heterocycles. The van der Waals surface area contributed by atoms with Crippen LogP contribution < -0.4 is 10.1 Å². The SMILES string of the molecule is Clc1cc[c-]cc1.O=[C-]N1CCc2c([nH]c3ccc(Cl)cc23)C1c1ccc(OCCCCCCNCCO)cc1.[U+2]. The number of ether oxygens (including phenoxy) is 1. The summed E-state index contributed by atoms with van der Waals surface area (Å²) in [6.45, 7) is 3.11. The summed E-state index contributed by atoms with van der Waals surface area (Å²) in [6.07, 6.45) is 7.30. The third-order valence-corrected chi connectivity index (χ3v) is 7.37. The first-order chi connectivity index (χ1) is 19.6. The fourth-order valence-electron chi connectivity index (χ4n) is 4.92. The maximum atomic E-state index is 11.7. The maximum Gasteiger partial charge on any atom is 2.00 e. The Hall–Kier alpha value is -1.98. The number of carbonyl (C=O) groups excluding carboxylic acids is 1. The number of hydrogen-bond donors (Lipinski definition) is 3. The number of H-pyrrole nitrogens is 1. The second kappa shape index (κ2) is 17.9. The molecule has 0 saturated carbocycles. The van der Waals surface area contributed by atoms with Gasteiger partial charge in [-0.1, -0.05) is 41.6 Å². The molecule has 3 N–H and O–H groups in total. The smallest absolute Gasteiger partial charge is 0.520 e. The van der Waals surface area contributed by atoms with Crippen LogP contribution in [0.4, 0.5) is 0 Å². The van der Waals surface area contributed by atoms with Crippen LogP contribution in [0.1, 0.15) is 48.5 Å². The standard InChI is InChI=1S/C26H31ClN3O3.C6H4Cl.U/c27-20-7-10-24-23(17-20)22-11-14-30(18-32)26(25(22)29-24)19-5-8-21(9-6-19)33-16-4-2-1-3-12-28-13-15-31;7-6-4-2-1-3-5-6;/h5-10,17,26,28-29,31H,1-4,11-16H2;2-5H;/q2*-1;+2. The average Bonchev–Trinajstić information content (AvgIpc) is 3.34. The van der Waals surface area contributed by atoms with E-state index in [1.807, 2.05) is 42.5 Å². The van der Waals surface area contributed by atoms with E-state index in [1.165, 1.54) is 5.56 Å². The molecule has 3 aromatic carbocycles. The molecule has 0 radical (unpaired) electrons. The summed E-state index contributed by atoms with van der Waals surface area (Å²) in [5, 5.41) is 14.5. The van der Waals surface area contributed by atoms with E-state index in [0.29, 0.717) is 24.7 Å². The van der Waals surface area contributed by atoms with Crippen molar-refractivity contribution in [1.29, 1.82) is 0 Å². The molecular weight excluding hydrogens is 783 g/mol. The Morgan fingerprint density at radius 2 is 1.76 bits per heavy atom. The third kappa shape index (κ3) is 9.78. The minimum Gasteiger partial charge on any atom is -0.520 e. The number of nitrogens with zero attached hydrogens (tertiary/aromatic N) is 1. The molecule has 4 aromatic rings. The summed E-state index contributed by atoms with van der Waals surface area (Å²) in [7, 11) is 0. The number of unbranched alkanes of at least 4 members (excludes halogenated alkanes) is 3. The molecule has 1 aromatic heterocycles. The van der Waals surface area contributed by atoms with Crippen LogP contribution in [0, 0.1) is 37.2 Å². The van der Waals surface area contributed by atoms with E-state index in [9.17, 15) is 4.79 Å². The first-order valence-corrected chi connectivity index (χ1v) is 14.5. The first-order valence-electron chi connectivity index (χ1n) is 13.7. The quantitative estimate of drug-likeness (QED) is 0.113. The van der Waals surface area contributed by atoms with Gasteiger partial charge >= 0.3 is 31.1 Å². The number of aliphatic hydroxyl groups is 1. The van der Waals surface area contributed by atoms with Crippen LogP contribution in [-0.4, -0.2) is 54.2 Å². The largest absolute Gasteiger partial charge is 2.00 e. The average molecular weight is 819 g/mol.